The van der Waals surface area contributed by atoms with Gasteiger partial charge < -0.3 is 9.84 Å². The van der Waals surface area contributed by atoms with E-state index in [1.807, 2.05) is 0 Å². The number of aromatic nitrogens is 2. The zero-order chi connectivity index (χ0) is 11.2. The lowest BCUT2D eigenvalue weighted by atomic mass is 9.80. The lowest BCUT2D eigenvalue weighted by molar-refractivity contribution is 0.298. The average molecular weight is 225 g/mol. The van der Waals surface area contributed by atoms with Gasteiger partial charge in [0.15, 0.2) is 5.82 Å². The fraction of sp³-hybridized carbons (Fsp3) is 0.818. The molecule has 88 valence electrons. The van der Waals surface area contributed by atoms with Crippen molar-refractivity contribution in [2.75, 3.05) is 13.1 Å². The van der Waals surface area contributed by atoms with Crippen LogP contribution in [0.3, 0.4) is 0 Å². The molecule has 3 rings (SSSR count). The Morgan fingerprint density at radius 1 is 1.44 bits per heavy atom. The molecule has 0 spiro atoms. The Kier molecular flexibility index (Phi) is 2.24. The van der Waals surface area contributed by atoms with Gasteiger partial charge in [0.1, 0.15) is 6.17 Å². The minimum absolute atomic E-state index is 0.00625. The molecule has 4 nitrogen and oxygen atoms in total. The molecule has 1 saturated carbocycles. The minimum atomic E-state index is -0.769. The predicted octanol–water partition coefficient (Wildman–Crippen LogP) is 1.54. The van der Waals surface area contributed by atoms with Crippen molar-refractivity contribution in [3.05, 3.63) is 11.7 Å². The first-order valence-corrected chi connectivity index (χ1v) is 5.88. The Bertz CT molecular complexity index is 386. The summed E-state index contributed by atoms with van der Waals surface area (Å²) in [5.74, 6) is 1.11. The maximum absolute atomic E-state index is 12.9. The molecule has 0 radical (unpaired) electrons. The van der Waals surface area contributed by atoms with Gasteiger partial charge >= 0.3 is 0 Å². The standard InChI is InChI=1S/C11H16FN3O/c1-11(2-4-13-5-3-11)10-14-9(16-15-10)7-6-8(7)12/h7-8,13H,2-6H2,1H3/t7-,8+/m1/s1. The summed E-state index contributed by atoms with van der Waals surface area (Å²) in [6.45, 7) is 4.12. The molecule has 0 unspecified atom stereocenters. The van der Waals surface area contributed by atoms with Crippen molar-refractivity contribution in [3.63, 3.8) is 0 Å². The average Bonchev–Trinajstić information content (AvgIpc) is 2.82. The first kappa shape index (κ1) is 10.2. The van der Waals surface area contributed by atoms with Crippen LogP contribution in [0.15, 0.2) is 4.52 Å². The largest absolute Gasteiger partial charge is 0.339 e. The van der Waals surface area contributed by atoms with E-state index < -0.39 is 6.17 Å². The molecule has 1 aromatic rings. The van der Waals surface area contributed by atoms with E-state index in [2.05, 4.69) is 22.4 Å². The van der Waals surface area contributed by atoms with Crippen LogP contribution in [0.4, 0.5) is 4.39 Å². The van der Waals surface area contributed by atoms with Gasteiger partial charge in [-0.15, -0.1) is 0 Å². The van der Waals surface area contributed by atoms with E-state index >= 15 is 0 Å². The van der Waals surface area contributed by atoms with Crippen LogP contribution in [0.1, 0.15) is 43.8 Å². The third-order valence-corrected chi connectivity index (χ3v) is 3.72. The van der Waals surface area contributed by atoms with E-state index in [9.17, 15) is 4.39 Å². The van der Waals surface area contributed by atoms with Crippen LogP contribution in [-0.4, -0.2) is 29.4 Å². The normalized spacial score (nSPS) is 32.6. The molecule has 0 amide bonds. The highest BCUT2D eigenvalue weighted by Crippen LogP contribution is 2.43. The second kappa shape index (κ2) is 3.52. The zero-order valence-electron chi connectivity index (χ0n) is 9.37. The van der Waals surface area contributed by atoms with Crippen LogP contribution < -0.4 is 5.32 Å². The molecular formula is C11H16FN3O. The Morgan fingerprint density at radius 2 is 2.12 bits per heavy atom. The van der Waals surface area contributed by atoms with Crippen molar-refractivity contribution >= 4 is 0 Å². The third kappa shape index (κ3) is 1.63. The first-order valence-electron chi connectivity index (χ1n) is 5.88. The monoisotopic (exact) mass is 225 g/mol. The van der Waals surface area contributed by atoms with Crippen LogP contribution in [0, 0.1) is 0 Å². The lowest BCUT2D eigenvalue weighted by Crippen LogP contribution is -2.38. The topological polar surface area (TPSA) is 51.0 Å². The highest BCUT2D eigenvalue weighted by Gasteiger charge is 2.44. The fourth-order valence-corrected chi connectivity index (χ4v) is 2.25. The van der Waals surface area contributed by atoms with Gasteiger partial charge in [-0.1, -0.05) is 12.1 Å². The Balaban J connectivity index is 1.80. The second-order valence-electron chi connectivity index (χ2n) is 5.13. The number of hydrogen-bond donors (Lipinski definition) is 1. The highest BCUT2D eigenvalue weighted by molar-refractivity contribution is 5.13. The fourth-order valence-electron chi connectivity index (χ4n) is 2.25. The quantitative estimate of drug-likeness (QED) is 0.829. The van der Waals surface area contributed by atoms with Gasteiger partial charge in [0.2, 0.25) is 5.89 Å². The minimum Gasteiger partial charge on any atom is -0.339 e. The summed E-state index contributed by atoms with van der Waals surface area (Å²) < 4.78 is 18.0. The van der Waals surface area contributed by atoms with Crippen LogP contribution in [0.2, 0.25) is 0 Å². The molecular weight excluding hydrogens is 209 g/mol. The van der Waals surface area contributed by atoms with E-state index in [4.69, 9.17) is 4.52 Å². The van der Waals surface area contributed by atoms with Crippen molar-refractivity contribution in [3.8, 4) is 0 Å². The van der Waals surface area contributed by atoms with Gasteiger partial charge in [0.25, 0.3) is 0 Å². The van der Waals surface area contributed by atoms with Crippen molar-refractivity contribution in [2.45, 2.75) is 43.7 Å². The van der Waals surface area contributed by atoms with Gasteiger partial charge in [-0.3, -0.25) is 0 Å². The number of rotatable bonds is 2. The number of halogens is 1. The van der Waals surface area contributed by atoms with Gasteiger partial charge in [-0.25, -0.2) is 4.39 Å². The lowest BCUT2D eigenvalue weighted by Gasteiger charge is -2.30. The summed E-state index contributed by atoms with van der Waals surface area (Å²) in [7, 11) is 0. The first-order chi connectivity index (χ1) is 7.69. The maximum Gasteiger partial charge on any atom is 0.232 e. The van der Waals surface area contributed by atoms with E-state index in [0.29, 0.717) is 12.3 Å². The summed E-state index contributed by atoms with van der Waals surface area (Å²) in [4.78, 5) is 4.37. The summed E-state index contributed by atoms with van der Waals surface area (Å²) >= 11 is 0. The number of nitrogens with zero attached hydrogens (tertiary/aromatic N) is 2. The van der Waals surface area contributed by atoms with E-state index in [1.54, 1.807) is 0 Å². The zero-order valence-corrected chi connectivity index (χ0v) is 9.37. The van der Waals surface area contributed by atoms with Crippen LogP contribution in [0.25, 0.3) is 0 Å². The predicted molar refractivity (Wildman–Crippen MR) is 56.0 cm³/mol. The molecule has 2 atom stereocenters. The molecule has 2 heterocycles. The Labute approximate surface area is 93.6 Å². The molecule has 1 aromatic heterocycles. The molecule has 2 aliphatic rings. The molecule has 0 bridgehead atoms. The molecule has 2 fully saturated rings. The number of hydrogen-bond acceptors (Lipinski definition) is 4. The molecule has 0 aromatic carbocycles. The van der Waals surface area contributed by atoms with Crippen molar-refractivity contribution in [1.29, 1.82) is 0 Å². The molecule has 1 aliphatic heterocycles. The van der Waals surface area contributed by atoms with Crippen molar-refractivity contribution in [1.82, 2.24) is 15.5 Å². The summed E-state index contributed by atoms with van der Waals surface area (Å²) in [6.07, 6.45) is 1.79. The Morgan fingerprint density at radius 3 is 2.75 bits per heavy atom. The van der Waals surface area contributed by atoms with E-state index in [-0.39, 0.29) is 11.3 Å². The molecule has 1 saturated heterocycles. The number of piperidine rings is 1. The van der Waals surface area contributed by atoms with E-state index in [0.717, 1.165) is 31.8 Å². The number of alkyl halides is 1. The second-order valence-corrected chi connectivity index (χ2v) is 5.13. The maximum atomic E-state index is 12.9. The van der Waals surface area contributed by atoms with E-state index in [1.165, 1.54) is 0 Å². The van der Waals surface area contributed by atoms with Gasteiger partial charge in [0, 0.05) is 5.41 Å². The highest BCUT2D eigenvalue weighted by atomic mass is 19.1. The van der Waals surface area contributed by atoms with Crippen LogP contribution >= 0.6 is 0 Å². The SMILES string of the molecule is CC1(c2noc([C@@H]3C[C@@H]3F)n2)CCNCC1. The smallest absolute Gasteiger partial charge is 0.232 e. The van der Waals surface area contributed by atoms with Crippen LogP contribution in [-0.2, 0) is 5.41 Å². The third-order valence-electron chi connectivity index (χ3n) is 3.72. The van der Waals surface area contributed by atoms with Crippen LogP contribution in [0.5, 0.6) is 0 Å². The van der Waals surface area contributed by atoms with Crippen molar-refractivity contribution < 1.29 is 8.91 Å². The summed E-state index contributed by atoms with van der Waals surface area (Å²) in [5.41, 5.74) is -0.00625. The molecule has 1 N–H and O–H groups in total. The van der Waals surface area contributed by atoms with Crippen molar-refractivity contribution in [2.24, 2.45) is 0 Å². The van der Waals surface area contributed by atoms with Gasteiger partial charge in [0.05, 0.1) is 5.92 Å². The van der Waals surface area contributed by atoms with Gasteiger partial charge in [-0.05, 0) is 32.4 Å². The Hall–Kier alpha value is -0.970. The summed E-state index contributed by atoms with van der Waals surface area (Å²) in [6, 6.07) is 0. The van der Waals surface area contributed by atoms with Gasteiger partial charge in [-0.2, -0.15) is 4.98 Å². The molecule has 16 heavy (non-hydrogen) atoms. The molecule has 5 heteroatoms. The number of nitrogens with one attached hydrogen (secondary N) is 1. The summed E-state index contributed by atoms with van der Waals surface area (Å²) in [5, 5.41) is 7.34. The molecule has 1 aliphatic carbocycles.